The molecule has 0 radical (unpaired) electrons. The van der Waals surface area contributed by atoms with Gasteiger partial charge in [-0.05, 0) is 51.9 Å². The molecule has 0 bridgehead atoms. The Morgan fingerprint density at radius 2 is 2.06 bits per heavy atom. The van der Waals surface area contributed by atoms with Crippen molar-refractivity contribution >= 4 is 0 Å². The molecule has 0 spiro atoms. The Labute approximate surface area is 98.1 Å². The Bertz CT molecular complexity index is 205. The van der Waals surface area contributed by atoms with Gasteiger partial charge in [-0.25, -0.2) is 0 Å². The molecule has 0 saturated carbocycles. The SMILES string of the molecule is CN1CCC(CC2OCC(CCN)O2)CC1. The molecule has 0 aliphatic carbocycles. The van der Waals surface area contributed by atoms with E-state index in [0.29, 0.717) is 6.54 Å². The molecular formula is C12H24N2O2. The van der Waals surface area contributed by atoms with Gasteiger partial charge in [0.25, 0.3) is 0 Å². The van der Waals surface area contributed by atoms with Crippen molar-refractivity contribution in [3.63, 3.8) is 0 Å². The van der Waals surface area contributed by atoms with Crippen LogP contribution < -0.4 is 5.73 Å². The Morgan fingerprint density at radius 1 is 1.31 bits per heavy atom. The zero-order valence-corrected chi connectivity index (χ0v) is 10.2. The molecule has 2 rings (SSSR count). The van der Waals surface area contributed by atoms with Gasteiger partial charge >= 0.3 is 0 Å². The number of nitrogens with two attached hydrogens (primary N) is 1. The van der Waals surface area contributed by atoms with Gasteiger partial charge in [-0.1, -0.05) is 0 Å². The third-order valence-electron chi connectivity index (χ3n) is 3.66. The van der Waals surface area contributed by atoms with E-state index < -0.39 is 0 Å². The fourth-order valence-corrected chi connectivity index (χ4v) is 2.54. The summed E-state index contributed by atoms with van der Waals surface area (Å²) in [4.78, 5) is 2.39. The molecule has 0 amide bonds. The van der Waals surface area contributed by atoms with Gasteiger partial charge < -0.3 is 20.1 Å². The van der Waals surface area contributed by atoms with Crippen LogP contribution in [0.25, 0.3) is 0 Å². The molecule has 0 aromatic carbocycles. The predicted octanol–water partition coefficient (Wildman–Crippen LogP) is 0.809. The van der Waals surface area contributed by atoms with Crippen molar-refractivity contribution in [3.8, 4) is 0 Å². The summed E-state index contributed by atoms with van der Waals surface area (Å²) in [6.07, 6.45) is 4.81. The van der Waals surface area contributed by atoms with Crippen molar-refractivity contribution < 1.29 is 9.47 Å². The third kappa shape index (κ3) is 3.42. The van der Waals surface area contributed by atoms with Gasteiger partial charge in [0.2, 0.25) is 0 Å². The van der Waals surface area contributed by atoms with Crippen molar-refractivity contribution in [3.05, 3.63) is 0 Å². The molecule has 4 heteroatoms. The summed E-state index contributed by atoms with van der Waals surface area (Å²) in [6, 6.07) is 0. The first-order chi connectivity index (χ1) is 7.78. The van der Waals surface area contributed by atoms with Crippen molar-refractivity contribution in [1.82, 2.24) is 4.90 Å². The minimum absolute atomic E-state index is 0.0324. The quantitative estimate of drug-likeness (QED) is 0.773. The second kappa shape index (κ2) is 5.96. The number of rotatable bonds is 4. The molecule has 2 heterocycles. The number of piperidine rings is 1. The monoisotopic (exact) mass is 228 g/mol. The molecule has 2 fully saturated rings. The summed E-state index contributed by atoms with van der Waals surface area (Å²) < 4.78 is 11.5. The zero-order chi connectivity index (χ0) is 11.4. The molecule has 2 saturated heterocycles. The van der Waals surface area contributed by atoms with E-state index in [4.69, 9.17) is 15.2 Å². The van der Waals surface area contributed by atoms with Crippen LogP contribution in [0.5, 0.6) is 0 Å². The fourth-order valence-electron chi connectivity index (χ4n) is 2.54. The van der Waals surface area contributed by atoms with Crippen molar-refractivity contribution in [2.24, 2.45) is 11.7 Å². The second-order valence-electron chi connectivity index (χ2n) is 5.08. The van der Waals surface area contributed by atoms with E-state index in [-0.39, 0.29) is 12.4 Å². The summed E-state index contributed by atoms with van der Waals surface area (Å²) in [5, 5.41) is 0. The first-order valence-electron chi connectivity index (χ1n) is 6.43. The average molecular weight is 228 g/mol. The minimum atomic E-state index is 0.0324. The van der Waals surface area contributed by atoms with Crippen molar-refractivity contribution in [1.29, 1.82) is 0 Å². The predicted molar refractivity (Wildman–Crippen MR) is 63.1 cm³/mol. The minimum Gasteiger partial charge on any atom is -0.350 e. The Balaban J connectivity index is 1.67. The van der Waals surface area contributed by atoms with Crippen LogP contribution in [0.1, 0.15) is 25.7 Å². The van der Waals surface area contributed by atoms with Gasteiger partial charge in [-0.2, -0.15) is 0 Å². The van der Waals surface area contributed by atoms with Gasteiger partial charge in [0.1, 0.15) is 0 Å². The molecule has 94 valence electrons. The van der Waals surface area contributed by atoms with Crippen LogP contribution in [0.3, 0.4) is 0 Å². The molecule has 2 aliphatic heterocycles. The van der Waals surface area contributed by atoms with Crippen molar-refractivity contribution in [2.75, 3.05) is 33.3 Å². The summed E-state index contributed by atoms with van der Waals surface area (Å²) in [5.41, 5.74) is 5.51. The standard InChI is InChI=1S/C12H24N2O2/c1-14-6-3-10(4-7-14)8-12-15-9-11(16-12)2-5-13/h10-12H,2-9,13H2,1H3. The number of likely N-dealkylation sites (tertiary alicyclic amines) is 1. The molecular weight excluding hydrogens is 204 g/mol. The molecule has 2 unspecified atom stereocenters. The normalized spacial score (nSPS) is 33.4. The fraction of sp³-hybridized carbons (Fsp3) is 1.00. The smallest absolute Gasteiger partial charge is 0.158 e. The number of ether oxygens (including phenoxy) is 2. The largest absolute Gasteiger partial charge is 0.350 e. The first-order valence-corrected chi connectivity index (χ1v) is 6.43. The Kier molecular flexibility index (Phi) is 4.58. The lowest BCUT2D eigenvalue weighted by molar-refractivity contribution is -0.0755. The van der Waals surface area contributed by atoms with Crippen molar-refractivity contribution in [2.45, 2.75) is 38.1 Å². The molecule has 0 aromatic rings. The van der Waals surface area contributed by atoms with E-state index in [1.54, 1.807) is 0 Å². The highest BCUT2D eigenvalue weighted by Gasteiger charge is 2.28. The molecule has 0 aromatic heterocycles. The second-order valence-corrected chi connectivity index (χ2v) is 5.08. The highest BCUT2D eigenvalue weighted by molar-refractivity contribution is 4.74. The lowest BCUT2D eigenvalue weighted by Crippen LogP contribution is -2.32. The molecule has 2 N–H and O–H groups in total. The number of hydrogen-bond acceptors (Lipinski definition) is 4. The average Bonchev–Trinajstić information content (AvgIpc) is 2.70. The Morgan fingerprint density at radius 3 is 2.75 bits per heavy atom. The first kappa shape index (κ1) is 12.3. The van der Waals surface area contributed by atoms with Crippen LogP contribution in [-0.4, -0.2) is 50.6 Å². The van der Waals surface area contributed by atoms with Crippen LogP contribution in [-0.2, 0) is 9.47 Å². The summed E-state index contributed by atoms with van der Waals surface area (Å²) in [7, 11) is 2.19. The highest BCUT2D eigenvalue weighted by Crippen LogP contribution is 2.26. The molecule has 4 nitrogen and oxygen atoms in total. The van der Waals surface area contributed by atoms with E-state index in [0.717, 1.165) is 25.4 Å². The number of hydrogen-bond donors (Lipinski definition) is 1. The summed E-state index contributed by atoms with van der Waals surface area (Å²) >= 11 is 0. The van der Waals surface area contributed by atoms with Crippen LogP contribution in [0.2, 0.25) is 0 Å². The molecule has 2 aliphatic rings. The molecule has 2 atom stereocenters. The van der Waals surface area contributed by atoms with Crippen LogP contribution in [0.15, 0.2) is 0 Å². The lowest BCUT2D eigenvalue weighted by Gasteiger charge is -2.29. The van der Waals surface area contributed by atoms with E-state index in [1.807, 2.05) is 0 Å². The summed E-state index contributed by atoms with van der Waals surface area (Å²) in [5.74, 6) is 0.776. The van der Waals surface area contributed by atoms with E-state index in [1.165, 1.54) is 25.9 Å². The van der Waals surface area contributed by atoms with Gasteiger partial charge in [0, 0.05) is 6.42 Å². The highest BCUT2D eigenvalue weighted by atomic mass is 16.7. The van der Waals surface area contributed by atoms with Gasteiger partial charge in [0.15, 0.2) is 6.29 Å². The Hall–Kier alpha value is -0.160. The maximum Gasteiger partial charge on any atom is 0.158 e. The number of nitrogens with zero attached hydrogens (tertiary/aromatic N) is 1. The maximum atomic E-state index is 5.82. The lowest BCUT2D eigenvalue weighted by atomic mass is 9.94. The van der Waals surface area contributed by atoms with E-state index >= 15 is 0 Å². The zero-order valence-electron chi connectivity index (χ0n) is 10.2. The van der Waals surface area contributed by atoms with Gasteiger partial charge in [-0.15, -0.1) is 0 Å². The maximum absolute atomic E-state index is 5.82. The summed E-state index contributed by atoms with van der Waals surface area (Å²) in [6.45, 7) is 3.84. The van der Waals surface area contributed by atoms with E-state index in [9.17, 15) is 0 Å². The van der Waals surface area contributed by atoms with Crippen LogP contribution in [0.4, 0.5) is 0 Å². The third-order valence-corrected chi connectivity index (χ3v) is 3.66. The van der Waals surface area contributed by atoms with Gasteiger partial charge in [-0.3, -0.25) is 0 Å². The van der Waals surface area contributed by atoms with Crippen LogP contribution in [0, 0.1) is 5.92 Å². The molecule has 16 heavy (non-hydrogen) atoms. The van der Waals surface area contributed by atoms with E-state index in [2.05, 4.69) is 11.9 Å². The van der Waals surface area contributed by atoms with Gasteiger partial charge in [0.05, 0.1) is 12.7 Å². The van der Waals surface area contributed by atoms with Crippen LogP contribution >= 0.6 is 0 Å². The topological polar surface area (TPSA) is 47.7 Å².